The molecule has 5 heteroatoms. The first-order valence-electron chi connectivity index (χ1n) is 6.89. The molecule has 0 saturated heterocycles. The zero-order valence-corrected chi connectivity index (χ0v) is 12.2. The van der Waals surface area contributed by atoms with Crippen molar-refractivity contribution in [2.45, 2.75) is 38.6 Å². The number of nitriles is 1. The van der Waals surface area contributed by atoms with E-state index in [1.54, 1.807) is 0 Å². The van der Waals surface area contributed by atoms with Gasteiger partial charge in [0, 0.05) is 29.1 Å². The van der Waals surface area contributed by atoms with Crippen LogP contribution in [-0.4, -0.2) is 21.7 Å². The van der Waals surface area contributed by atoms with E-state index >= 15 is 0 Å². The van der Waals surface area contributed by atoms with Crippen molar-refractivity contribution >= 4 is 17.0 Å². The summed E-state index contributed by atoms with van der Waals surface area (Å²) in [5.74, 6) is 0. The van der Waals surface area contributed by atoms with Gasteiger partial charge in [-0.05, 0) is 37.8 Å². The molecule has 0 aliphatic heterocycles. The minimum atomic E-state index is -1.02. The van der Waals surface area contributed by atoms with Crippen LogP contribution in [0.5, 0.6) is 0 Å². The van der Waals surface area contributed by atoms with Crippen molar-refractivity contribution in [3.8, 4) is 6.07 Å². The van der Waals surface area contributed by atoms with E-state index in [1.807, 2.05) is 38.2 Å². The predicted octanol–water partition coefficient (Wildman–Crippen LogP) is 3.21. The van der Waals surface area contributed by atoms with Crippen LogP contribution in [0.15, 0.2) is 24.4 Å². The van der Waals surface area contributed by atoms with Gasteiger partial charge in [-0.25, -0.2) is 4.79 Å². The first-order valence-corrected chi connectivity index (χ1v) is 6.89. The average Bonchev–Trinajstić information content (AvgIpc) is 2.78. The number of amides is 1. The van der Waals surface area contributed by atoms with Crippen LogP contribution in [0, 0.1) is 11.3 Å². The van der Waals surface area contributed by atoms with Gasteiger partial charge in [0.2, 0.25) is 0 Å². The van der Waals surface area contributed by atoms with Crippen LogP contribution >= 0.6 is 0 Å². The number of hydrogen-bond donors (Lipinski definition) is 3. The van der Waals surface area contributed by atoms with E-state index in [0.717, 1.165) is 22.0 Å². The highest BCUT2D eigenvalue weighted by molar-refractivity contribution is 5.86. The average molecular weight is 285 g/mol. The van der Waals surface area contributed by atoms with E-state index in [-0.39, 0.29) is 0 Å². The Bertz CT molecular complexity index is 695. The van der Waals surface area contributed by atoms with E-state index < -0.39 is 11.6 Å². The Morgan fingerprint density at radius 3 is 2.86 bits per heavy atom. The predicted molar refractivity (Wildman–Crippen MR) is 81.2 cm³/mol. The standard InChI is InChI=1S/C16H19N3O2/c1-16(2,19-15(20)21)9-12-10-18-14-11(6-4-8-17)5-3-7-13(12)14/h3,5,7,10,18-19H,4,6,9H2,1-2H3,(H,20,21). The molecule has 2 rings (SSSR count). The number of aromatic nitrogens is 1. The summed E-state index contributed by atoms with van der Waals surface area (Å²) in [5.41, 5.74) is 2.68. The van der Waals surface area contributed by atoms with Gasteiger partial charge >= 0.3 is 6.09 Å². The van der Waals surface area contributed by atoms with Crippen molar-refractivity contribution in [1.82, 2.24) is 10.3 Å². The lowest BCUT2D eigenvalue weighted by molar-refractivity contribution is 0.182. The maximum atomic E-state index is 10.8. The molecule has 2 aromatic rings. The summed E-state index contributed by atoms with van der Waals surface area (Å²) < 4.78 is 0. The van der Waals surface area contributed by atoms with Crippen LogP contribution in [0.3, 0.4) is 0 Å². The van der Waals surface area contributed by atoms with E-state index in [2.05, 4.69) is 16.4 Å². The van der Waals surface area contributed by atoms with Gasteiger partial charge in [-0.2, -0.15) is 5.26 Å². The third kappa shape index (κ3) is 3.54. The Labute approximate surface area is 123 Å². The van der Waals surface area contributed by atoms with Crippen molar-refractivity contribution in [2.24, 2.45) is 0 Å². The molecular weight excluding hydrogens is 266 g/mol. The third-order valence-electron chi connectivity index (χ3n) is 3.47. The molecule has 1 aromatic heterocycles. The first-order chi connectivity index (χ1) is 9.93. The third-order valence-corrected chi connectivity index (χ3v) is 3.47. The van der Waals surface area contributed by atoms with Crippen LogP contribution in [0.4, 0.5) is 4.79 Å². The molecule has 0 fully saturated rings. The maximum Gasteiger partial charge on any atom is 0.405 e. The Balaban J connectivity index is 2.30. The molecule has 110 valence electrons. The number of aromatic amines is 1. The van der Waals surface area contributed by atoms with Gasteiger partial charge in [-0.3, -0.25) is 0 Å². The summed E-state index contributed by atoms with van der Waals surface area (Å²) >= 11 is 0. The summed E-state index contributed by atoms with van der Waals surface area (Å²) in [6.07, 6.45) is 2.70. The lowest BCUT2D eigenvalue weighted by atomic mass is 9.94. The second-order valence-electron chi connectivity index (χ2n) is 5.80. The van der Waals surface area contributed by atoms with Crippen molar-refractivity contribution in [3.63, 3.8) is 0 Å². The van der Waals surface area contributed by atoms with Crippen molar-refractivity contribution in [3.05, 3.63) is 35.5 Å². The van der Waals surface area contributed by atoms with Gasteiger partial charge in [0.05, 0.1) is 6.07 Å². The maximum absolute atomic E-state index is 10.8. The SMILES string of the molecule is CC(C)(Cc1c[nH]c2c(CCC#N)cccc12)NC(=O)O. The molecule has 0 unspecified atom stereocenters. The van der Waals surface area contributed by atoms with Crippen molar-refractivity contribution in [1.29, 1.82) is 5.26 Å². The van der Waals surface area contributed by atoms with Crippen LogP contribution in [0.1, 0.15) is 31.4 Å². The summed E-state index contributed by atoms with van der Waals surface area (Å²) in [6.45, 7) is 3.72. The number of hydrogen-bond acceptors (Lipinski definition) is 2. The fourth-order valence-corrected chi connectivity index (χ4v) is 2.63. The lowest BCUT2D eigenvalue weighted by Crippen LogP contribution is -2.44. The highest BCUT2D eigenvalue weighted by Gasteiger charge is 2.22. The fourth-order valence-electron chi connectivity index (χ4n) is 2.63. The van der Waals surface area contributed by atoms with E-state index in [4.69, 9.17) is 10.4 Å². The Morgan fingerprint density at radius 1 is 1.43 bits per heavy atom. The Kier molecular flexibility index (Phi) is 4.18. The summed E-state index contributed by atoms with van der Waals surface area (Å²) in [7, 11) is 0. The minimum Gasteiger partial charge on any atom is -0.465 e. The van der Waals surface area contributed by atoms with E-state index in [1.165, 1.54) is 0 Å². The van der Waals surface area contributed by atoms with Gasteiger partial charge in [-0.1, -0.05) is 18.2 Å². The highest BCUT2D eigenvalue weighted by atomic mass is 16.4. The Hall–Kier alpha value is -2.48. The normalized spacial score (nSPS) is 11.3. The second kappa shape index (κ2) is 5.88. The van der Waals surface area contributed by atoms with Gasteiger partial charge in [0.25, 0.3) is 0 Å². The Morgan fingerprint density at radius 2 is 2.19 bits per heavy atom. The van der Waals surface area contributed by atoms with E-state index in [9.17, 15) is 4.79 Å². The fraction of sp³-hybridized carbons (Fsp3) is 0.375. The molecule has 0 spiro atoms. The topological polar surface area (TPSA) is 88.9 Å². The molecule has 1 amide bonds. The zero-order valence-electron chi connectivity index (χ0n) is 12.2. The number of H-pyrrole nitrogens is 1. The summed E-state index contributed by atoms with van der Waals surface area (Å²) in [5, 5.41) is 21.2. The number of carbonyl (C=O) groups is 1. The number of rotatable bonds is 5. The number of carboxylic acid groups (broad SMARTS) is 1. The van der Waals surface area contributed by atoms with Gasteiger partial charge < -0.3 is 15.4 Å². The van der Waals surface area contributed by atoms with Crippen LogP contribution in [0.2, 0.25) is 0 Å². The molecular formula is C16H19N3O2. The van der Waals surface area contributed by atoms with E-state index in [0.29, 0.717) is 19.3 Å². The van der Waals surface area contributed by atoms with Crippen LogP contribution in [-0.2, 0) is 12.8 Å². The van der Waals surface area contributed by atoms with Gasteiger partial charge in [0.15, 0.2) is 0 Å². The smallest absolute Gasteiger partial charge is 0.405 e. The molecule has 3 N–H and O–H groups in total. The lowest BCUT2D eigenvalue weighted by Gasteiger charge is -2.24. The molecule has 0 saturated carbocycles. The van der Waals surface area contributed by atoms with Crippen molar-refractivity contribution < 1.29 is 9.90 Å². The molecule has 1 aromatic carbocycles. The number of nitrogens with zero attached hydrogens (tertiary/aromatic N) is 1. The number of benzene rings is 1. The highest BCUT2D eigenvalue weighted by Crippen LogP contribution is 2.25. The van der Waals surface area contributed by atoms with Gasteiger partial charge in [-0.15, -0.1) is 0 Å². The zero-order chi connectivity index (χ0) is 15.5. The molecule has 5 nitrogen and oxygen atoms in total. The number of para-hydroxylation sites is 1. The van der Waals surface area contributed by atoms with Crippen molar-refractivity contribution in [2.75, 3.05) is 0 Å². The molecule has 21 heavy (non-hydrogen) atoms. The molecule has 1 heterocycles. The largest absolute Gasteiger partial charge is 0.465 e. The van der Waals surface area contributed by atoms with Crippen LogP contribution in [0.25, 0.3) is 10.9 Å². The number of nitrogens with one attached hydrogen (secondary N) is 2. The molecule has 0 aliphatic carbocycles. The minimum absolute atomic E-state index is 0.486. The quantitative estimate of drug-likeness (QED) is 0.788. The van der Waals surface area contributed by atoms with Crippen LogP contribution < -0.4 is 5.32 Å². The molecule has 0 radical (unpaired) electrons. The van der Waals surface area contributed by atoms with Gasteiger partial charge in [0.1, 0.15) is 0 Å². The second-order valence-corrected chi connectivity index (χ2v) is 5.80. The first kappa shape index (κ1) is 14.9. The molecule has 0 aliphatic rings. The summed E-state index contributed by atoms with van der Waals surface area (Å²) in [4.78, 5) is 14.1. The molecule has 0 bridgehead atoms. The number of fused-ring (bicyclic) bond motifs is 1. The monoisotopic (exact) mass is 285 g/mol. The number of aryl methyl sites for hydroxylation is 1. The molecule has 0 atom stereocenters. The summed E-state index contributed by atoms with van der Waals surface area (Å²) in [6, 6.07) is 8.17.